The van der Waals surface area contributed by atoms with E-state index in [2.05, 4.69) is 14.2 Å². The molecule has 3 heterocycles. The molecular formula is C17H28N4O16P2. The Morgan fingerprint density at radius 2 is 1.72 bits per heavy atom. The van der Waals surface area contributed by atoms with Crippen LogP contribution < -0.4 is 22.3 Å². The molecule has 0 bridgehead atoms. The molecule has 2 saturated heterocycles. The van der Waals surface area contributed by atoms with E-state index in [9.17, 15) is 53.7 Å². The molecular weight excluding hydrogens is 578 g/mol. The van der Waals surface area contributed by atoms with Gasteiger partial charge in [0.05, 0.1) is 6.61 Å². The summed E-state index contributed by atoms with van der Waals surface area (Å²) in [6, 6.07) is -0.704. The summed E-state index contributed by atoms with van der Waals surface area (Å²) in [7, 11) is -11.1. The fraction of sp³-hybridized carbons (Fsp3) is 0.706. The lowest BCUT2D eigenvalue weighted by Crippen LogP contribution is -2.64. The minimum Gasteiger partial charge on any atom is -0.388 e. The minimum absolute atomic E-state index is 0.398. The number of phosphoric ester groups is 2. The van der Waals surface area contributed by atoms with Crippen LogP contribution in [0.1, 0.15) is 13.2 Å². The summed E-state index contributed by atoms with van der Waals surface area (Å²) in [5.74, 6) is -0.765. The van der Waals surface area contributed by atoms with Crippen molar-refractivity contribution in [2.45, 2.75) is 62.1 Å². The third-order valence-corrected chi connectivity index (χ3v) is 8.21. The second kappa shape index (κ2) is 12.3. The van der Waals surface area contributed by atoms with Crippen LogP contribution in [0.5, 0.6) is 0 Å². The molecule has 1 aromatic rings. The number of phosphoric acid groups is 2. The van der Waals surface area contributed by atoms with Crippen LogP contribution in [-0.2, 0) is 36.8 Å². The van der Waals surface area contributed by atoms with Gasteiger partial charge in [0.15, 0.2) is 12.5 Å². The van der Waals surface area contributed by atoms with Crippen molar-refractivity contribution in [3.05, 3.63) is 33.1 Å². The van der Waals surface area contributed by atoms with Gasteiger partial charge in [-0.2, -0.15) is 4.31 Å². The number of aliphatic hydroxyl groups is 4. The smallest absolute Gasteiger partial charge is 0.388 e. The van der Waals surface area contributed by atoms with Crippen molar-refractivity contribution in [1.82, 2.24) is 14.9 Å². The van der Waals surface area contributed by atoms with E-state index >= 15 is 0 Å². The number of aliphatic hydroxyl groups excluding tert-OH is 4. The molecule has 3 rings (SSSR count). The van der Waals surface area contributed by atoms with E-state index in [0.717, 1.165) is 23.8 Å². The summed E-state index contributed by atoms with van der Waals surface area (Å²) in [6.45, 7) is -0.398. The van der Waals surface area contributed by atoms with Crippen molar-refractivity contribution < 1.29 is 67.0 Å². The molecule has 0 saturated carbocycles. The molecule has 11 atom stereocenters. The van der Waals surface area contributed by atoms with Crippen LogP contribution in [0, 0.1) is 0 Å². The van der Waals surface area contributed by atoms with E-state index in [1.807, 2.05) is 4.98 Å². The first-order chi connectivity index (χ1) is 18.0. The summed E-state index contributed by atoms with van der Waals surface area (Å²) in [5, 5.41) is 42.8. The zero-order valence-corrected chi connectivity index (χ0v) is 21.7. The van der Waals surface area contributed by atoms with Gasteiger partial charge in [0.25, 0.3) is 5.56 Å². The van der Waals surface area contributed by atoms with Gasteiger partial charge >= 0.3 is 21.3 Å². The van der Waals surface area contributed by atoms with Gasteiger partial charge in [0, 0.05) is 25.7 Å². The average Bonchev–Trinajstić information content (AvgIpc) is 3.10. The maximum Gasteiger partial charge on any atom is 0.483 e. The Morgan fingerprint density at radius 1 is 1.08 bits per heavy atom. The van der Waals surface area contributed by atoms with Gasteiger partial charge in [-0.3, -0.25) is 28.2 Å². The molecule has 0 aliphatic carbocycles. The molecule has 8 unspecified atom stereocenters. The van der Waals surface area contributed by atoms with E-state index in [0.29, 0.717) is 0 Å². The maximum atomic E-state index is 12.5. The Bertz CT molecular complexity index is 1240. The third-order valence-electron chi connectivity index (χ3n) is 5.61. The fourth-order valence-electron chi connectivity index (χ4n) is 3.80. The van der Waals surface area contributed by atoms with Crippen molar-refractivity contribution >= 4 is 21.6 Å². The Morgan fingerprint density at radius 3 is 2.31 bits per heavy atom. The molecule has 222 valence electrons. The first kappa shape index (κ1) is 31.7. The molecule has 20 nitrogen and oxygen atoms in total. The van der Waals surface area contributed by atoms with Gasteiger partial charge in [0.1, 0.15) is 42.7 Å². The Labute approximate surface area is 218 Å². The monoisotopic (exact) mass is 606 g/mol. The number of hydrogen-bond donors (Lipinski definition) is 9. The Balaban J connectivity index is 1.66. The molecule has 22 heteroatoms. The molecule has 0 aromatic carbocycles. The van der Waals surface area contributed by atoms with Crippen molar-refractivity contribution in [2.24, 2.45) is 5.73 Å². The molecule has 39 heavy (non-hydrogen) atoms. The third kappa shape index (κ3) is 7.66. The number of hydrogen-bond acceptors (Lipinski definition) is 15. The first-order valence-electron chi connectivity index (χ1n) is 11.1. The summed E-state index contributed by atoms with van der Waals surface area (Å²) < 4.78 is 49.5. The lowest BCUT2D eigenvalue weighted by Gasteiger charge is -2.42. The molecule has 1 amide bonds. The standard InChI is InChI=1S/C17H28N4O16P2/c1-6(22)19-10-13(26)11(24)7(4-18)35-16(10)36-39(31,32)37-38(29,30)33-5-8-12(25)14(27)15(34-8)21-3-2-9(23)20-17(21)28/h2-3,7-8,10-16,24-27H,4-5,18H2,1H3,(H,19,22)(H,29,30)(H,31,32)(H,20,23,28)/t7?,8?,10-,11-,12?,13?,14?,15?,16+/m0/s1. The number of H-pyrrole nitrogens is 1. The van der Waals surface area contributed by atoms with E-state index in [4.69, 9.17) is 19.7 Å². The fourth-order valence-corrected chi connectivity index (χ4v) is 5.97. The minimum atomic E-state index is -5.59. The number of carbonyl (C=O) groups excluding carboxylic acids is 1. The number of aromatic nitrogens is 2. The average molecular weight is 606 g/mol. The highest BCUT2D eigenvalue weighted by Gasteiger charge is 2.50. The number of carbonyl (C=O) groups is 1. The molecule has 10 N–H and O–H groups in total. The molecule has 0 radical (unpaired) electrons. The Hall–Kier alpha value is -1.87. The summed E-state index contributed by atoms with van der Waals surface area (Å²) >= 11 is 0. The molecule has 1 aromatic heterocycles. The lowest BCUT2D eigenvalue weighted by atomic mass is 9.97. The van der Waals surface area contributed by atoms with Crippen LogP contribution >= 0.6 is 15.6 Å². The van der Waals surface area contributed by atoms with Gasteiger partial charge in [-0.1, -0.05) is 0 Å². The highest BCUT2D eigenvalue weighted by molar-refractivity contribution is 7.61. The largest absolute Gasteiger partial charge is 0.483 e. The van der Waals surface area contributed by atoms with E-state index in [-0.39, 0.29) is 0 Å². The first-order valence-corrected chi connectivity index (χ1v) is 14.1. The van der Waals surface area contributed by atoms with Crippen LogP contribution in [0.3, 0.4) is 0 Å². The number of nitrogens with zero attached hydrogens (tertiary/aromatic N) is 1. The van der Waals surface area contributed by atoms with Gasteiger partial charge in [-0.05, 0) is 0 Å². The van der Waals surface area contributed by atoms with Crippen molar-refractivity contribution in [2.75, 3.05) is 13.2 Å². The summed E-state index contributed by atoms with van der Waals surface area (Å²) in [4.78, 5) is 56.5. The molecule has 2 aliphatic rings. The molecule has 0 spiro atoms. The zero-order valence-electron chi connectivity index (χ0n) is 19.9. The van der Waals surface area contributed by atoms with Gasteiger partial charge in [-0.15, -0.1) is 0 Å². The van der Waals surface area contributed by atoms with Crippen molar-refractivity contribution in [1.29, 1.82) is 0 Å². The predicted molar refractivity (Wildman–Crippen MR) is 122 cm³/mol. The second-order valence-electron chi connectivity index (χ2n) is 8.47. The lowest BCUT2D eigenvalue weighted by molar-refractivity contribution is -0.238. The maximum absolute atomic E-state index is 12.5. The van der Waals surface area contributed by atoms with E-state index < -0.39 is 101 Å². The predicted octanol–water partition coefficient (Wildman–Crippen LogP) is -4.68. The quantitative estimate of drug-likeness (QED) is 0.113. The van der Waals surface area contributed by atoms with Crippen molar-refractivity contribution in [3.8, 4) is 0 Å². The van der Waals surface area contributed by atoms with Crippen LogP contribution in [0.25, 0.3) is 0 Å². The number of nitrogens with one attached hydrogen (secondary N) is 2. The van der Waals surface area contributed by atoms with E-state index in [1.165, 1.54) is 0 Å². The SMILES string of the molecule is CC(=O)N[C@H]1C(O)[C@@H](O)C(CN)O[C@@H]1OP(=O)(O)OP(=O)(O)OCC1OC(n2ccc(=O)[nH]c2=O)C(O)C1O. The highest BCUT2D eigenvalue weighted by atomic mass is 31.3. The van der Waals surface area contributed by atoms with Crippen molar-refractivity contribution in [3.63, 3.8) is 0 Å². The molecule has 2 fully saturated rings. The number of nitrogens with two attached hydrogens (primary N) is 1. The zero-order chi connectivity index (χ0) is 29.3. The van der Waals surface area contributed by atoms with Gasteiger partial charge < -0.3 is 50.7 Å². The molecule has 2 aliphatic heterocycles. The number of aromatic amines is 1. The van der Waals surface area contributed by atoms with Crippen LogP contribution in [0.2, 0.25) is 0 Å². The number of ether oxygens (including phenoxy) is 2. The topological polar surface area (TPSA) is 312 Å². The Kier molecular flexibility index (Phi) is 10.0. The number of amides is 1. The van der Waals surface area contributed by atoms with Crippen LogP contribution in [-0.4, -0.2) is 108 Å². The van der Waals surface area contributed by atoms with Gasteiger partial charge in [-0.25, -0.2) is 13.9 Å². The van der Waals surface area contributed by atoms with Crippen LogP contribution in [0.4, 0.5) is 0 Å². The second-order valence-corrected chi connectivity index (χ2v) is 11.5. The number of rotatable bonds is 10. The highest BCUT2D eigenvalue weighted by Crippen LogP contribution is 2.61. The van der Waals surface area contributed by atoms with E-state index in [1.54, 1.807) is 0 Å². The van der Waals surface area contributed by atoms with Gasteiger partial charge in [0.2, 0.25) is 5.91 Å². The summed E-state index contributed by atoms with van der Waals surface area (Å²) in [6.07, 6.45) is -12.5. The normalized spacial score (nSPS) is 36.2. The van der Waals surface area contributed by atoms with Crippen LogP contribution in [0.15, 0.2) is 21.9 Å². The summed E-state index contributed by atoms with van der Waals surface area (Å²) in [5.41, 5.74) is 3.68.